The Balaban J connectivity index is 1.64. The summed E-state index contributed by atoms with van der Waals surface area (Å²) in [6.07, 6.45) is 3.04. The lowest BCUT2D eigenvalue weighted by Gasteiger charge is -2.32. The zero-order valence-corrected chi connectivity index (χ0v) is 26.4. The molecular weight excluding hydrogens is 550 g/mol. The number of ether oxygens (including phenoxy) is 3. The second-order valence-electron chi connectivity index (χ2n) is 13.2. The minimum Gasteiger partial charge on any atom is -0.453 e. The number of ketones is 1. The summed E-state index contributed by atoms with van der Waals surface area (Å²) in [6, 6.07) is 4.44. The number of hydrogen-bond acceptors (Lipinski definition) is 7. The maximum atomic E-state index is 13.6. The molecule has 2 aliphatic rings. The molecule has 0 radical (unpaired) electrons. The normalized spacial score (nSPS) is 18.8. The van der Waals surface area contributed by atoms with Gasteiger partial charge in [-0.2, -0.15) is 0 Å². The average molecular weight is 598 g/mol. The summed E-state index contributed by atoms with van der Waals surface area (Å²) in [5, 5.41) is 2.75. The molecule has 0 spiro atoms. The van der Waals surface area contributed by atoms with Crippen LogP contribution in [0.1, 0.15) is 77.0 Å². The number of allylic oxidation sites excluding steroid dienone is 1. The molecule has 10 heteroatoms. The lowest BCUT2D eigenvalue weighted by Crippen LogP contribution is -2.51. The predicted molar refractivity (Wildman–Crippen MR) is 164 cm³/mol. The zero-order valence-electron chi connectivity index (χ0n) is 26.4. The summed E-state index contributed by atoms with van der Waals surface area (Å²) >= 11 is 0. The minimum absolute atomic E-state index is 0.0476. The summed E-state index contributed by atoms with van der Waals surface area (Å²) in [5.74, 6) is -0.256. The standard InChI is InChI=1S/C33H47N3O7/c1-9-11-15-33(6,7)21-42-29(38)34-28(32(3,4)5)27(37)17-24-16-25(19-36(24)31(40)41-8)43-30(39)35-18-23-14-12-13-22(10-2)26(23)20-35/h9-10,12-14,24-25,28H,1-2,11,15-21H2,3-8H3,(H,34,38)/t24?,25-,28-/m1/s1. The first-order chi connectivity index (χ1) is 20.2. The van der Waals surface area contributed by atoms with Gasteiger partial charge >= 0.3 is 18.3 Å². The van der Waals surface area contributed by atoms with Crippen LogP contribution in [0.15, 0.2) is 37.4 Å². The van der Waals surface area contributed by atoms with Crippen LogP contribution in [-0.2, 0) is 32.1 Å². The van der Waals surface area contributed by atoms with Gasteiger partial charge in [0.05, 0.1) is 32.8 Å². The lowest BCUT2D eigenvalue weighted by molar-refractivity contribution is -0.124. The highest BCUT2D eigenvalue weighted by Crippen LogP contribution is 2.31. The summed E-state index contributed by atoms with van der Waals surface area (Å²) in [7, 11) is 1.27. The SMILES string of the molecule is C=CCCC(C)(C)COC(=O)N[C@H](C(=O)CC1C[C@@H](OC(=O)N2Cc3cccc(C=C)c3C2)CN1C(=O)OC)C(C)(C)C. The molecule has 3 rings (SSSR count). The van der Waals surface area contributed by atoms with E-state index in [9.17, 15) is 19.2 Å². The number of carbonyl (C=O) groups is 4. The first-order valence-corrected chi connectivity index (χ1v) is 14.8. The highest BCUT2D eigenvalue weighted by molar-refractivity contribution is 5.89. The number of amides is 3. The van der Waals surface area contributed by atoms with Gasteiger partial charge in [-0.1, -0.05) is 71.5 Å². The van der Waals surface area contributed by atoms with Crippen LogP contribution < -0.4 is 5.32 Å². The van der Waals surface area contributed by atoms with Crippen LogP contribution in [0.25, 0.3) is 6.08 Å². The van der Waals surface area contributed by atoms with Crippen molar-refractivity contribution >= 4 is 30.1 Å². The minimum atomic E-state index is -0.862. The quantitative estimate of drug-likeness (QED) is 0.243. The summed E-state index contributed by atoms with van der Waals surface area (Å²) in [4.78, 5) is 55.2. The summed E-state index contributed by atoms with van der Waals surface area (Å²) in [6.45, 7) is 18.3. The van der Waals surface area contributed by atoms with Crippen molar-refractivity contribution < 1.29 is 33.4 Å². The molecule has 2 aliphatic heterocycles. The van der Waals surface area contributed by atoms with E-state index in [0.717, 1.165) is 29.5 Å². The second-order valence-corrected chi connectivity index (χ2v) is 13.2. The fourth-order valence-electron chi connectivity index (χ4n) is 5.59. The molecule has 1 aromatic carbocycles. The number of likely N-dealkylation sites (tertiary alicyclic amines) is 1. The number of nitrogens with zero attached hydrogens (tertiary/aromatic N) is 2. The smallest absolute Gasteiger partial charge is 0.410 e. The molecular formula is C33H47N3O7. The maximum absolute atomic E-state index is 13.6. The van der Waals surface area contributed by atoms with Crippen molar-refractivity contribution in [1.29, 1.82) is 0 Å². The summed E-state index contributed by atoms with van der Waals surface area (Å²) < 4.78 is 16.3. The number of methoxy groups -OCH3 is 1. The molecule has 236 valence electrons. The number of fused-ring (bicyclic) bond motifs is 1. The molecule has 1 unspecified atom stereocenters. The van der Waals surface area contributed by atoms with Crippen molar-refractivity contribution in [2.24, 2.45) is 10.8 Å². The molecule has 3 atom stereocenters. The Labute approximate surface area is 255 Å². The molecule has 1 aromatic rings. The third-order valence-electron chi connectivity index (χ3n) is 8.06. The van der Waals surface area contributed by atoms with E-state index in [0.29, 0.717) is 13.1 Å². The van der Waals surface area contributed by atoms with Gasteiger partial charge in [-0.05, 0) is 40.4 Å². The van der Waals surface area contributed by atoms with Gasteiger partial charge in [0, 0.05) is 25.4 Å². The Kier molecular flexibility index (Phi) is 11.0. The van der Waals surface area contributed by atoms with E-state index in [-0.39, 0.29) is 37.2 Å². The molecule has 1 fully saturated rings. The Hall–Kier alpha value is -3.82. The first kappa shape index (κ1) is 33.7. The molecule has 0 aromatic heterocycles. The number of hydrogen-bond donors (Lipinski definition) is 1. The molecule has 0 aliphatic carbocycles. The van der Waals surface area contributed by atoms with Gasteiger partial charge in [-0.25, -0.2) is 14.4 Å². The van der Waals surface area contributed by atoms with Crippen LogP contribution >= 0.6 is 0 Å². The van der Waals surface area contributed by atoms with Crippen LogP contribution in [-0.4, -0.2) is 72.3 Å². The van der Waals surface area contributed by atoms with Crippen LogP contribution in [0.3, 0.4) is 0 Å². The van der Waals surface area contributed by atoms with Crippen molar-refractivity contribution in [3.05, 3.63) is 54.1 Å². The molecule has 10 nitrogen and oxygen atoms in total. The van der Waals surface area contributed by atoms with E-state index in [1.807, 2.05) is 58.9 Å². The van der Waals surface area contributed by atoms with Crippen LogP contribution in [0.5, 0.6) is 0 Å². The Morgan fingerprint density at radius 2 is 1.81 bits per heavy atom. The highest BCUT2D eigenvalue weighted by Gasteiger charge is 2.43. The van der Waals surface area contributed by atoms with Crippen LogP contribution in [0, 0.1) is 10.8 Å². The van der Waals surface area contributed by atoms with E-state index in [2.05, 4.69) is 18.5 Å². The van der Waals surface area contributed by atoms with E-state index >= 15 is 0 Å². The van der Waals surface area contributed by atoms with E-state index in [1.54, 1.807) is 11.0 Å². The van der Waals surface area contributed by atoms with E-state index in [1.165, 1.54) is 12.0 Å². The third-order valence-corrected chi connectivity index (χ3v) is 8.06. The fourth-order valence-corrected chi connectivity index (χ4v) is 5.59. The van der Waals surface area contributed by atoms with Crippen molar-refractivity contribution in [3.63, 3.8) is 0 Å². The largest absolute Gasteiger partial charge is 0.453 e. The topological polar surface area (TPSA) is 114 Å². The van der Waals surface area contributed by atoms with Gasteiger partial charge in [0.2, 0.25) is 0 Å². The number of nitrogens with one attached hydrogen (secondary N) is 1. The van der Waals surface area contributed by atoms with Gasteiger partial charge in [0.25, 0.3) is 0 Å². The van der Waals surface area contributed by atoms with Gasteiger partial charge in [-0.3, -0.25) is 9.69 Å². The summed E-state index contributed by atoms with van der Waals surface area (Å²) in [5.41, 5.74) is 2.20. The lowest BCUT2D eigenvalue weighted by atomic mass is 9.82. The van der Waals surface area contributed by atoms with Crippen molar-refractivity contribution in [1.82, 2.24) is 15.1 Å². The predicted octanol–water partition coefficient (Wildman–Crippen LogP) is 6.08. The van der Waals surface area contributed by atoms with Gasteiger partial charge < -0.3 is 24.4 Å². The fraction of sp³-hybridized carbons (Fsp3) is 0.576. The Morgan fingerprint density at radius 1 is 1.09 bits per heavy atom. The zero-order chi connectivity index (χ0) is 31.9. The van der Waals surface area contributed by atoms with Crippen molar-refractivity contribution in [2.45, 2.75) is 91.6 Å². The number of benzene rings is 1. The molecule has 2 heterocycles. The van der Waals surface area contributed by atoms with Crippen molar-refractivity contribution in [2.75, 3.05) is 20.3 Å². The third kappa shape index (κ3) is 8.84. The Morgan fingerprint density at radius 3 is 2.44 bits per heavy atom. The number of rotatable bonds is 11. The number of Topliss-reactive ketones (excluding diaryl/α,β-unsaturated/α-hetero) is 1. The van der Waals surface area contributed by atoms with Crippen molar-refractivity contribution in [3.8, 4) is 0 Å². The highest BCUT2D eigenvalue weighted by atomic mass is 16.6. The second kappa shape index (κ2) is 14.1. The van der Waals surface area contributed by atoms with Gasteiger partial charge in [-0.15, -0.1) is 6.58 Å². The average Bonchev–Trinajstić information content (AvgIpc) is 3.56. The molecule has 1 N–H and O–H groups in total. The molecule has 0 saturated carbocycles. The van der Waals surface area contributed by atoms with Gasteiger partial charge in [0.15, 0.2) is 5.78 Å². The molecule has 1 saturated heterocycles. The molecule has 3 amide bonds. The van der Waals surface area contributed by atoms with Crippen LogP contribution in [0.2, 0.25) is 0 Å². The maximum Gasteiger partial charge on any atom is 0.410 e. The van der Waals surface area contributed by atoms with E-state index in [4.69, 9.17) is 14.2 Å². The Bertz CT molecular complexity index is 1220. The number of alkyl carbamates (subject to hydrolysis) is 1. The van der Waals surface area contributed by atoms with E-state index < -0.39 is 41.9 Å². The van der Waals surface area contributed by atoms with Gasteiger partial charge in [0.1, 0.15) is 6.10 Å². The van der Waals surface area contributed by atoms with Crippen LogP contribution in [0.4, 0.5) is 14.4 Å². The number of carbonyl (C=O) groups excluding carboxylic acids is 4. The first-order valence-electron chi connectivity index (χ1n) is 14.8. The monoisotopic (exact) mass is 597 g/mol. The molecule has 43 heavy (non-hydrogen) atoms. The molecule has 0 bridgehead atoms.